The molecule has 0 aliphatic heterocycles. The third kappa shape index (κ3) is 5.04. The zero-order valence-electron chi connectivity index (χ0n) is 16.2. The van der Waals surface area contributed by atoms with E-state index in [0.29, 0.717) is 34.7 Å². The third-order valence-corrected chi connectivity index (χ3v) is 5.09. The summed E-state index contributed by atoms with van der Waals surface area (Å²) in [5.74, 6) is 0.393. The molecule has 3 aromatic rings. The first-order chi connectivity index (χ1) is 15.0. The van der Waals surface area contributed by atoms with Gasteiger partial charge in [-0.05, 0) is 42.3 Å². The molecule has 0 spiro atoms. The molecule has 0 saturated carbocycles. The fourth-order valence-corrected chi connectivity index (χ4v) is 3.16. The van der Waals surface area contributed by atoms with Crippen LogP contribution >= 0.6 is 23.2 Å². The van der Waals surface area contributed by atoms with Gasteiger partial charge in [-0.15, -0.1) is 5.10 Å². The van der Waals surface area contributed by atoms with E-state index in [9.17, 15) is 4.79 Å². The molecule has 3 N–H and O–H groups in total. The Morgan fingerprint density at radius 1 is 1.16 bits per heavy atom. The number of benzene rings is 2. The van der Waals surface area contributed by atoms with Crippen LogP contribution in [0.25, 0.3) is 0 Å². The number of anilines is 4. The van der Waals surface area contributed by atoms with E-state index in [2.05, 4.69) is 31.9 Å². The van der Waals surface area contributed by atoms with Gasteiger partial charge in [-0.3, -0.25) is 4.79 Å². The minimum Gasteiger partial charge on any atom is -0.495 e. The number of aromatic nitrogens is 3. The highest BCUT2D eigenvalue weighted by Gasteiger charge is 2.18. The molecule has 0 aliphatic carbocycles. The highest BCUT2D eigenvalue weighted by atomic mass is 35.5. The number of nitriles is 2. The molecule has 0 bridgehead atoms. The molecular weight excluding hydrogens is 441 g/mol. The van der Waals surface area contributed by atoms with Crippen molar-refractivity contribution < 1.29 is 4.74 Å². The van der Waals surface area contributed by atoms with Gasteiger partial charge in [0.15, 0.2) is 0 Å². The quantitative estimate of drug-likeness (QED) is 0.478. The first-order valence-electron chi connectivity index (χ1n) is 8.89. The summed E-state index contributed by atoms with van der Waals surface area (Å²) in [5.41, 5.74) is 1.49. The topological polar surface area (TPSA) is 140 Å². The molecule has 3 rings (SSSR count). The normalized spacial score (nSPS) is 10.1. The van der Waals surface area contributed by atoms with Gasteiger partial charge in [0.1, 0.15) is 11.4 Å². The maximum Gasteiger partial charge on any atom is 0.307 e. The number of aromatic amines is 1. The molecular formula is C20H15Cl2N7O2. The van der Waals surface area contributed by atoms with Gasteiger partial charge in [0.05, 0.1) is 34.9 Å². The Balaban J connectivity index is 1.91. The van der Waals surface area contributed by atoms with Crippen molar-refractivity contribution in [3.63, 3.8) is 0 Å². The van der Waals surface area contributed by atoms with Crippen LogP contribution in [0.15, 0.2) is 35.1 Å². The van der Waals surface area contributed by atoms with E-state index in [1.807, 2.05) is 6.07 Å². The van der Waals surface area contributed by atoms with Crippen LogP contribution in [0.5, 0.6) is 5.75 Å². The number of methoxy groups -OCH3 is 1. The lowest BCUT2D eigenvalue weighted by atomic mass is 10.1. The monoisotopic (exact) mass is 455 g/mol. The summed E-state index contributed by atoms with van der Waals surface area (Å²) in [7, 11) is 1.46. The number of hydrogen-bond acceptors (Lipinski definition) is 8. The lowest BCUT2D eigenvalue weighted by Crippen LogP contribution is -2.17. The highest BCUT2D eigenvalue weighted by Crippen LogP contribution is 2.41. The summed E-state index contributed by atoms with van der Waals surface area (Å²) in [6, 6.07) is 12.3. The molecule has 2 aromatic carbocycles. The van der Waals surface area contributed by atoms with E-state index in [1.165, 1.54) is 7.11 Å². The lowest BCUT2D eigenvalue weighted by molar-refractivity contribution is 0.416. The zero-order chi connectivity index (χ0) is 22.4. The van der Waals surface area contributed by atoms with E-state index in [4.69, 9.17) is 38.5 Å². The molecule has 0 aliphatic rings. The van der Waals surface area contributed by atoms with Crippen LogP contribution in [0, 0.1) is 22.7 Å². The minimum atomic E-state index is -0.544. The first kappa shape index (κ1) is 21.9. The zero-order valence-corrected chi connectivity index (χ0v) is 17.7. The Hall–Kier alpha value is -3.79. The van der Waals surface area contributed by atoms with E-state index < -0.39 is 5.56 Å². The fraction of sp³-hybridized carbons (Fsp3) is 0.150. The number of H-pyrrole nitrogens is 1. The fourth-order valence-electron chi connectivity index (χ4n) is 2.66. The second-order valence-corrected chi connectivity index (χ2v) is 6.93. The van der Waals surface area contributed by atoms with Gasteiger partial charge >= 0.3 is 5.56 Å². The molecule has 31 heavy (non-hydrogen) atoms. The van der Waals surface area contributed by atoms with Crippen LogP contribution in [-0.2, 0) is 6.42 Å². The van der Waals surface area contributed by atoms with Crippen molar-refractivity contribution in [2.45, 2.75) is 12.8 Å². The number of nitrogens with zero attached hydrogens (tertiary/aromatic N) is 4. The van der Waals surface area contributed by atoms with Gasteiger partial charge in [-0.1, -0.05) is 23.2 Å². The van der Waals surface area contributed by atoms with Crippen molar-refractivity contribution in [3.05, 3.63) is 61.9 Å². The average molecular weight is 456 g/mol. The maximum atomic E-state index is 12.1. The minimum absolute atomic E-state index is 0.0194. The van der Waals surface area contributed by atoms with Gasteiger partial charge in [0.25, 0.3) is 0 Å². The number of halogens is 2. The maximum absolute atomic E-state index is 12.1. The Morgan fingerprint density at radius 3 is 2.55 bits per heavy atom. The van der Waals surface area contributed by atoms with Crippen molar-refractivity contribution in [1.29, 1.82) is 10.5 Å². The molecule has 0 fully saturated rings. The van der Waals surface area contributed by atoms with Crippen LogP contribution in [0.2, 0.25) is 10.0 Å². The number of aryl methyl sites for hydroxylation is 1. The number of ether oxygens (including phenoxy) is 1. The van der Waals surface area contributed by atoms with Crippen molar-refractivity contribution in [3.8, 4) is 17.9 Å². The summed E-state index contributed by atoms with van der Waals surface area (Å²) < 4.78 is 5.39. The molecule has 1 aromatic heterocycles. The Morgan fingerprint density at radius 2 is 1.90 bits per heavy atom. The molecule has 1 heterocycles. The van der Waals surface area contributed by atoms with Crippen LogP contribution in [0.3, 0.4) is 0 Å². The summed E-state index contributed by atoms with van der Waals surface area (Å²) in [4.78, 5) is 16.3. The van der Waals surface area contributed by atoms with Crippen molar-refractivity contribution >= 4 is 46.3 Å². The Labute approximate surface area is 187 Å². The van der Waals surface area contributed by atoms with Crippen molar-refractivity contribution in [1.82, 2.24) is 15.2 Å². The van der Waals surface area contributed by atoms with Crippen LogP contribution in [-0.4, -0.2) is 22.3 Å². The highest BCUT2D eigenvalue weighted by molar-refractivity contribution is 6.44. The van der Waals surface area contributed by atoms with E-state index in [-0.39, 0.29) is 28.2 Å². The average Bonchev–Trinajstić information content (AvgIpc) is 2.79. The molecule has 156 valence electrons. The van der Waals surface area contributed by atoms with Gasteiger partial charge in [0.2, 0.25) is 11.8 Å². The molecule has 0 saturated heterocycles. The second-order valence-electron chi connectivity index (χ2n) is 6.17. The molecule has 11 heteroatoms. The lowest BCUT2D eigenvalue weighted by Gasteiger charge is -2.16. The number of hydrogen-bond donors (Lipinski definition) is 3. The van der Waals surface area contributed by atoms with Crippen LogP contribution in [0.4, 0.5) is 23.1 Å². The summed E-state index contributed by atoms with van der Waals surface area (Å²) in [5, 5.41) is 30.1. The van der Waals surface area contributed by atoms with E-state index >= 15 is 0 Å². The first-order valence-corrected chi connectivity index (χ1v) is 9.65. The molecule has 0 amide bonds. The predicted molar refractivity (Wildman–Crippen MR) is 117 cm³/mol. The standard InChI is InChI=1S/C20H15Cl2N7O2/c1-31-14-9-12(3-2-8-23)15(21)16(22)17(14)26-20-27-18(19(30)28-29-20)25-13-6-4-11(10-24)5-7-13/h4-7,9H,2-3H2,1H3,(H,28,30)(H2,25,26,27,29). The molecule has 0 unspecified atom stereocenters. The number of rotatable bonds is 7. The van der Waals surface area contributed by atoms with Gasteiger partial charge in [-0.2, -0.15) is 15.5 Å². The summed E-state index contributed by atoms with van der Waals surface area (Å²) in [6.45, 7) is 0. The SMILES string of the molecule is COc1cc(CCC#N)c(Cl)c(Cl)c1Nc1n[nH]c(=O)c(Nc2ccc(C#N)cc2)n1. The Kier molecular flexibility index (Phi) is 6.93. The van der Waals surface area contributed by atoms with Crippen molar-refractivity contribution in [2.75, 3.05) is 17.7 Å². The molecule has 0 atom stereocenters. The second kappa shape index (κ2) is 9.81. The molecule has 9 nitrogen and oxygen atoms in total. The van der Waals surface area contributed by atoms with E-state index in [0.717, 1.165) is 0 Å². The van der Waals surface area contributed by atoms with Crippen molar-refractivity contribution in [2.24, 2.45) is 0 Å². The van der Waals surface area contributed by atoms with Gasteiger partial charge < -0.3 is 15.4 Å². The molecule has 0 radical (unpaired) electrons. The number of nitrogens with one attached hydrogen (secondary N) is 3. The van der Waals surface area contributed by atoms with Gasteiger partial charge in [0, 0.05) is 12.1 Å². The third-order valence-electron chi connectivity index (χ3n) is 4.18. The predicted octanol–water partition coefficient (Wildman–Crippen LogP) is 4.30. The summed E-state index contributed by atoms with van der Waals surface area (Å²) in [6.07, 6.45) is 0.693. The van der Waals surface area contributed by atoms with Crippen LogP contribution < -0.4 is 20.9 Å². The smallest absolute Gasteiger partial charge is 0.307 e. The van der Waals surface area contributed by atoms with Crippen LogP contribution in [0.1, 0.15) is 17.5 Å². The summed E-state index contributed by atoms with van der Waals surface area (Å²) >= 11 is 12.8. The van der Waals surface area contributed by atoms with Gasteiger partial charge in [-0.25, -0.2) is 5.10 Å². The van der Waals surface area contributed by atoms with E-state index in [1.54, 1.807) is 30.3 Å². The Bertz CT molecular complexity index is 1240. The largest absolute Gasteiger partial charge is 0.495 e.